The Hall–Kier alpha value is -3.16. The molecule has 0 aromatic heterocycles. The Bertz CT molecular complexity index is 701. The van der Waals surface area contributed by atoms with Crippen LogP contribution >= 0.6 is 0 Å². The van der Waals surface area contributed by atoms with Gasteiger partial charge in [0.25, 0.3) is 5.91 Å². The number of nitrogens with one attached hydrogen (secondary N) is 2. The third-order valence-corrected chi connectivity index (χ3v) is 3.54. The van der Waals surface area contributed by atoms with E-state index in [1.165, 1.54) is 4.90 Å². The summed E-state index contributed by atoms with van der Waals surface area (Å²) in [6, 6.07) is 5.42. The minimum atomic E-state index is -1.30. The van der Waals surface area contributed by atoms with Crippen LogP contribution in [0.3, 0.4) is 0 Å². The van der Waals surface area contributed by atoms with Gasteiger partial charge in [-0.3, -0.25) is 19.2 Å². The summed E-state index contributed by atoms with van der Waals surface area (Å²) in [4.78, 5) is 48.1. The van der Waals surface area contributed by atoms with E-state index in [0.29, 0.717) is 11.3 Å². The molecule has 0 saturated carbocycles. The third-order valence-electron chi connectivity index (χ3n) is 3.54. The summed E-state index contributed by atoms with van der Waals surface area (Å²) >= 11 is 0. The van der Waals surface area contributed by atoms with Gasteiger partial charge >= 0.3 is 0 Å². The van der Waals surface area contributed by atoms with E-state index in [0.717, 1.165) is 6.08 Å². The van der Waals surface area contributed by atoms with Crippen LogP contribution in [0.5, 0.6) is 0 Å². The van der Waals surface area contributed by atoms with Crippen molar-refractivity contribution in [3.63, 3.8) is 0 Å². The summed E-state index contributed by atoms with van der Waals surface area (Å²) in [5.41, 5.74) is 6.38. The molecule has 1 saturated heterocycles. The van der Waals surface area contributed by atoms with E-state index in [-0.39, 0.29) is 31.3 Å². The highest BCUT2D eigenvalue weighted by Gasteiger charge is 2.36. The summed E-state index contributed by atoms with van der Waals surface area (Å²) in [6.45, 7) is 3.85. The summed E-state index contributed by atoms with van der Waals surface area (Å²) in [7, 11) is 0. The molecule has 0 radical (unpaired) electrons. The number of carbonyl (C=O) groups is 4. The predicted octanol–water partition coefficient (Wildman–Crippen LogP) is -0.834. The second-order valence-corrected chi connectivity index (χ2v) is 5.25. The smallest absolute Gasteiger partial charge is 0.252 e. The van der Waals surface area contributed by atoms with Gasteiger partial charge < -0.3 is 21.3 Å². The molecular formula is C16H18N4O4. The largest absolute Gasteiger partial charge is 0.367 e. The molecule has 1 fully saturated rings. The fourth-order valence-electron chi connectivity index (χ4n) is 2.45. The molecule has 1 aromatic rings. The molecule has 4 N–H and O–H groups in total. The lowest BCUT2D eigenvalue weighted by Gasteiger charge is -2.33. The Balaban J connectivity index is 2.12. The number of hydrogen-bond acceptors (Lipinski definition) is 4. The van der Waals surface area contributed by atoms with Gasteiger partial charge in [0.2, 0.25) is 17.7 Å². The van der Waals surface area contributed by atoms with Gasteiger partial charge in [-0.25, -0.2) is 0 Å². The Labute approximate surface area is 138 Å². The van der Waals surface area contributed by atoms with Crippen LogP contribution in [0.1, 0.15) is 5.56 Å². The molecule has 2 rings (SSSR count). The Kier molecular flexibility index (Phi) is 5.31. The van der Waals surface area contributed by atoms with Crippen LogP contribution in [0.2, 0.25) is 0 Å². The molecule has 8 nitrogen and oxygen atoms in total. The van der Waals surface area contributed by atoms with Gasteiger partial charge in [-0.1, -0.05) is 18.7 Å². The van der Waals surface area contributed by atoms with Crippen LogP contribution in [0.4, 0.5) is 5.69 Å². The van der Waals surface area contributed by atoms with E-state index in [4.69, 9.17) is 5.73 Å². The van der Waals surface area contributed by atoms with Crippen molar-refractivity contribution in [1.29, 1.82) is 0 Å². The second-order valence-electron chi connectivity index (χ2n) is 5.25. The number of nitrogens with two attached hydrogens (primary N) is 1. The zero-order valence-electron chi connectivity index (χ0n) is 13.0. The second kappa shape index (κ2) is 7.40. The highest BCUT2D eigenvalue weighted by Crippen LogP contribution is 2.14. The molecule has 0 aliphatic carbocycles. The normalized spacial score (nSPS) is 16.9. The molecule has 1 heterocycles. The van der Waals surface area contributed by atoms with Crippen molar-refractivity contribution in [2.75, 3.05) is 18.4 Å². The van der Waals surface area contributed by atoms with Crippen LogP contribution < -0.4 is 16.4 Å². The number of rotatable bonds is 5. The molecule has 8 heteroatoms. The van der Waals surface area contributed by atoms with Crippen molar-refractivity contribution in [1.82, 2.24) is 10.2 Å². The lowest BCUT2D eigenvalue weighted by Crippen LogP contribution is -2.62. The van der Waals surface area contributed by atoms with Gasteiger partial charge in [-0.05, 0) is 23.8 Å². The molecule has 1 aromatic carbocycles. The summed E-state index contributed by atoms with van der Waals surface area (Å²) in [5, 5.41) is 5.11. The number of primary amides is 1. The highest BCUT2D eigenvalue weighted by atomic mass is 16.2. The zero-order valence-corrected chi connectivity index (χ0v) is 13.0. The summed E-state index contributed by atoms with van der Waals surface area (Å²) in [5.74, 6) is -2.19. The highest BCUT2D eigenvalue weighted by molar-refractivity contribution is 6.07. The number of hydrogen-bond donors (Lipinski definition) is 3. The molecule has 24 heavy (non-hydrogen) atoms. The summed E-state index contributed by atoms with van der Waals surface area (Å²) < 4.78 is 0. The number of nitrogens with zero attached hydrogens (tertiary/aromatic N) is 1. The molecule has 1 unspecified atom stereocenters. The molecule has 1 aliphatic heterocycles. The van der Waals surface area contributed by atoms with Crippen LogP contribution in [0.25, 0.3) is 0 Å². The third kappa shape index (κ3) is 3.97. The Morgan fingerprint density at radius 1 is 1.42 bits per heavy atom. The average molecular weight is 330 g/mol. The molecule has 0 spiro atoms. The van der Waals surface area contributed by atoms with E-state index in [9.17, 15) is 19.2 Å². The Morgan fingerprint density at radius 3 is 2.83 bits per heavy atom. The van der Waals surface area contributed by atoms with Gasteiger partial charge in [-0.15, -0.1) is 0 Å². The van der Waals surface area contributed by atoms with Gasteiger partial charge in [0.1, 0.15) is 0 Å². The van der Waals surface area contributed by atoms with Gasteiger partial charge in [0, 0.05) is 18.8 Å². The fourth-order valence-corrected chi connectivity index (χ4v) is 2.45. The first-order chi connectivity index (χ1) is 11.4. The van der Waals surface area contributed by atoms with Crippen molar-refractivity contribution in [3.8, 4) is 0 Å². The quantitative estimate of drug-likeness (QED) is 0.481. The van der Waals surface area contributed by atoms with Crippen molar-refractivity contribution in [3.05, 3.63) is 42.5 Å². The van der Waals surface area contributed by atoms with E-state index in [1.807, 2.05) is 0 Å². The molecular weight excluding hydrogens is 312 g/mol. The van der Waals surface area contributed by atoms with Gasteiger partial charge in [0.05, 0.1) is 6.42 Å². The number of piperazine rings is 1. The molecule has 0 bridgehead atoms. The first-order valence-electron chi connectivity index (χ1n) is 7.31. The lowest BCUT2D eigenvalue weighted by atomic mass is 10.1. The van der Waals surface area contributed by atoms with E-state index in [2.05, 4.69) is 17.2 Å². The summed E-state index contributed by atoms with van der Waals surface area (Å²) in [6.07, 6.45) is 1.12. The first kappa shape index (κ1) is 17.2. The minimum Gasteiger partial charge on any atom is -0.367 e. The molecule has 1 atom stereocenters. The van der Waals surface area contributed by atoms with Crippen molar-refractivity contribution >= 4 is 29.3 Å². The molecule has 4 amide bonds. The topological polar surface area (TPSA) is 122 Å². The van der Waals surface area contributed by atoms with Crippen LogP contribution in [-0.4, -0.2) is 47.7 Å². The first-order valence-corrected chi connectivity index (χ1v) is 7.31. The van der Waals surface area contributed by atoms with Gasteiger partial charge in [0.15, 0.2) is 6.04 Å². The fraction of sp³-hybridized carbons (Fsp3) is 0.250. The monoisotopic (exact) mass is 330 g/mol. The number of amides is 4. The predicted molar refractivity (Wildman–Crippen MR) is 86.7 cm³/mol. The maximum Gasteiger partial charge on any atom is 0.252 e. The van der Waals surface area contributed by atoms with Crippen LogP contribution in [-0.2, 0) is 25.6 Å². The zero-order chi connectivity index (χ0) is 17.7. The van der Waals surface area contributed by atoms with Crippen molar-refractivity contribution in [2.24, 2.45) is 5.73 Å². The van der Waals surface area contributed by atoms with E-state index < -0.39 is 17.9 Å². The van der Waals surface area contributed by atoms with E-state index in [1.54, 1.807) is 24.3 Å². The van der Waals surface area contributed by atoms with Gasteiger partial charge in [-0.2, -0.15) is 0 Å². The number of benzene rings is 1. The SMILES string of the molecule is C=CC(=O)Nc1cccc(CC(=O)N2CCNC(=O)C2C(N)=O)c1. The van der Waals surface area contributed by atoms with Crippen LogP contribution in [0, 0.1) is 0 Å². The van der Waals surface area contributed by atoms with Crippen LogP contribution in [0.15, 0.2) is 36.9 Å². The Morgan fingerprint density at radius 2 is 2.17 bits per heavy atom. The maximum atomic E-state index is 12.5. The van der Waals surface area contributed by atoms with E-state index >= 15 is 0 Å². The minimum absolute atomic E-state index is 0.0190. The average Bonchev–Trinajstić information content (AvgIpc) is 2.54. The number of carbonyl (C=O) groups excluding carboxylic acids is 4. The lowest BCUT2D eigenvalue weighted by molar-refractivity contribution is -0.148. The molecule has 126 valence electrons. The standard InChI is InChI=1S/C16H18N4O4/c1-2-12(21)19-11-5-3-4-10(8-11)9-13(22)20-7-6-18-16(24)14(20)15(17)23/h2-5,8,14H,1,6-7,9H2,(H2,17,23)(H,18,24)(H,19,21). The maximum absolute atomic E-state index is 12.5. The molecule has 1 aliphatic rings. The number of anilines is 1. The van der Waals surface area contributed by atoms with Crippen molar-refractivity contribution < 1.29 is 19.2 Å². The van der Waals surface area contributed by atoms with Crippen molar-refractivity contribution in [2.45, 2.75) is 12.5 Å².